The van der Waals surface area contributed by atoms with Crippen molar-refractivity contribution in [3.63, 3.8) is 0 Å². The molecule has 0 spiro atoms. The summed E-state index contributed by atoms with van der Waals surface area (Å²) < 4.78 is 0. The van der Waals surface area contributed by atoms with Gasteiger partial charge in [-0.3, -0.25) is 4.79 Å². The van der Waals surface area contributed by atoms with Crippen molar-refractivity contribution in [3.8, 4) is 0 Å². The molecule has 0 bridgehead atoms. The Labute approximate surface area is 58.3 Å². The zero-order valence-electron chi connectivity index (χ0n) is 5.45. The first kappa shape index (κ1) is 6.92. The van der Waals surface area contributed by atoms with Gasteiger partial charge in [0, 0.05) is 6.21 Å². The van der Waals surface area contributed by atoms with Crippen LogP contribution in [0.1, 0.15) is 19.3 Å². The topological polar surface area (TPSA) is 62.0 Å². The number of carboxylic acid groups (broad SMARTS) is 1. The Morgan fingerprint density at radius 3 is 3.10 bits per heavy atom. The molecule has 0 aromatic rings. The molecule has 0 aromatic carbocycles. The lowest BCUT2D eigenvalue weighted by atomic mass is 10.1. The van der Waals surface area contributed by atoms with Gasteiger partial charge in [0.1, 0.15) is 0 Å². The Balaban J connectivity index is 2.47. The summed E-state index contributed by atoms with van der Waals surface area (Å²) in [5.41, 5.74) is 0.662. The average Bonchev–Trinajstić information content (AvgIpc) is 1.88. The van der Waals surface area contributed by atoms with Gasteiger partial charge in [-0.2, -0.15) is 10.2 Å². The average molecular weight is 140 g/mol. The van der Waals surface area contributed by atoms with E-state index in [1.165, 1.54) is 0 Å². The molecule has 0 aliphatic carbocycles. The Bertz CT molecular complexity index is 196. The maximum atomic E-state index is 10.1. The molecule has 0 amide bonds. The summed E-state index contributed by atoms with van der Waals surface area (Å²) in [5.74, 6) is -0.837. The molecule has 4 nitrogen and oxygen atoms in total. The molecule has 0 atom stereocenters. The molecule has 1 N–H and O–H groups in total. The third kappa shape index (κ3) is 1.97. The fourth-order valence-electron chi connectivity index (χ4n) is 0.760. The quantitative estimate of drug-likeness (QED) is 0.613. The fraction of sp³-hybridized carbons (Fsp3) is 0.500. The molecule has 1 aliphatic heterocycles. The summed E-state index contributed by atoms with van der Waals surface area (Å²) in [7, 11) is 0. The van der Waals surface area contributed by atoms with E-state index in [4.69, 9.17) is 5.11 Å². The lowest BCUT2D eigenvalue weighted by molar-refractivity contribution is -0.135. The van der Waals surface area contributed by atoms with E-state index < -0.39 is 5.97 Å². The van der Waals surface area contributed by atoms with Crippen LogP contribution in [0.15, 0.2) is 10.2 Å². The molecule has 0 saturated carbocycles. The SMILES string of the molecule is O=C(O)CC1=NN=CCC1. The molecule has 0 saturated heterocycles. The maximum absolute atomic E-state index is 10.1. The minimum absolute atomic E-state index is 0.0251. The highest BCUT2D eigenvalue weighted by Crippen LogP contribution is 2.01. The van der Waals surface area contributed by atoms with Gasteiger partial charge in [-0.05, 0) is 12.8 Å². The predicted octanol–water partition coefficient (Wildman–Crippen LogP) is 0.682. The molecule has 4 heteroatoms. The van der Waals surface area contributed by atoms with Crippen LogP contribution < -0.4 is 0 Å². The largest absolute Gasteiger partial charge is 0.481 e. The van der Waals surface area contributed by atoms with Crippen molar-refractivity contribution in [2.24, 2.45) is 10.2 Å². The summed E-state index contributed by atoms with van der Waals surface area (Å²) in [6.45, 7) is 0. The lowest BCUT2D eigenvalue weighted by Gasteiger charge is -2.01. The van der Waals surface area contributed by atoms with E-state index in [0.29, 0.717) is 5.71 Å². The molecular formula is C6H8N2O2. The summed E-state index contributed by atoms with van der Waals surface area (Å²) in [5, 5.41) is 15.6. The molecule has 0 unspecified atom stereocenters. The molecule has 1 aliphatic rings. The highest BCUT2D eigenvalue weighted by molar-refractivity contribution is 5.99. The third-order valence-electron chi connectivity index (χ3n) is 1.20. The van der Waals surface area contributed by atoms with Crippen LogP contribution in [0.25, 0.3) is 0 Å². The Kier molecular flexibility index (Phi) is 2.15. The molecule has 0 aromatic heterocycles. The van der Waals surface area contributed by atoms with Crippen molar-refractivity contribution < 1.29 is 9.90 Å². The van der Waals surface area contributed by atoms with Gasteiger partial charge in [0.2, 0.25) is 0 Å². The standard InChI is InChI=1S/C6H8N2O2/c9-6(10)4-5-2-1-3-7-8-5/h3H,1-2,4H2,(H,9,10). The third-order valence-corrected chi connectivity index (χ3v) is 1.20. The van der Waals surface area contributed by atoms with Crippen molar-refractivity contribution in [2.45, 2.75) is 19.3 Å². The Morgan fingerprint density at radius 2 is 2.60 bits per heavy atom. The lowest BCUT2D eigenvalue weighted by Crippen LogP contribution is -2.08. The molecule has 0 radical (unpaired) electrons. The number of aliphatic carboxylic acids is 1. The number of carbonyl (C=O) groups is 1. The second-order valence-corrected chi connectivity index (χ2v) is 2.07. The van der Waals surface area contributed by atoms with Crippen LogP contribution in [0.2, 0.25) is 0 Å². The smallest absolute Gasteiger partial charge is 0.309 e. The van der Waals surface area contributed by atoms with Gasteiger partial charge in [0.05, 0.1) is 12.1 Å². The van der Waals surface area contributed by atoms with Crippen LogP contribution in [0, 0.1) is 0 Å². The van der Waals surface area contributed by atoms with Crippen molar-refractivity contribution in [2.75, 3.05) is 0 Å². The van der Waals surface area contributed by atoms with Gasteiger partial charge < -0.3 is 5.11 Å². The summed E-state index contributed by atoms with van der Waals surface area (Å²) in [6.07, 6.45) is 3.25. The van der Waals surface area contributed by atoms with E-state index in [2.05, 4.69) is 10.2 Å². The first-order valence-electron chi connectivity index (χ1n) is 3.08. The first-order chi connectivity index (χ1) is 4.79. The molecule has 1 heterocycles. The monoisotopic (exact) mass is 140 g/mol. The first-order valence-corrected chi connectivity index (χ1v) is 3.08. The summed E-state index contributed by atoms with van der Waals surface area (Å²) in [6, 6.07) is 0. The van der Waals surface area contributed by atoms with Crippen LogP contribution >= 0.6 is 0 Å². The summed E-state index contributed by atoms with van der Waals surface area (Å²) >= 11 is 0. The van der Waals surface area contributed by atoms with Gasteiger partial charge in [-0.25, -0.2) is 0 Å². The van der Waals surface area contributed by atoms with Crippen LogP contribution in [0.5, 0.6) is 0 Å². The van der Waals surface area contributed by atoms with Gasteiger partial charge in [-0.1, -0.05) is 0 Å². The van der Waals surface area contributed by atoms with Crippen molar-refractivity contribution in [1.29, 1.82) is 0 Å². The van der Waals surface area contributed by atoms with E-state index in [-0.39, 0.29) is 6.42 Å². The molecule has 1 rings (SSSR count). The predicted molar refractivity (Wildman–Crippen MR) is 37.4 cm³/mol. The van der Waals surface area contributed by atoms with Crippen LogP contribution in [-0.2, 0) is 4.79 Å². The van der Waals surface area contributed by atoms with E-state index >= 15 is 0 Å². The van der Waals surface area contributed by atoms with Gasteiger partial charge in [-0.15, -0.1) is 0 Å². The van der Waals surface area contributed by atoms with Gasteiger partial charge >= 0.3 is 5.97 Å². The van der Waals surface area contributed by atoms with E-state index in [9.17, 15) is 4.79 Å². The van der Waals surface area contributed by atoms with Crippen molar-refractivity contribution in [1.82, 2.24) is 0 Å². The van der Waals surface area contributed by atoms with E-state index in [1.54, 1.807) is 6.21 Å². The molecular weight excluding hydrogens is 132 g/mol. The van der Waals surface area contributed by atoms with Crippen molar-refractivity contribution in [3.05, 3.63) is 0 Å². The summed E-state index contributed by atoms with van der Waals surface area (Å²) in [4.78, 5) is 10.1. The maximum Gasteiger partial charge on any atom is 0.309 e. The van der Waals surface area contributed by atoms with Crippen LogP contribution in [0.4, 0.5) is 0 Å². The number of rotatable bonds is 2. The Hall–Kier alpha value is -1.19. The Morgan fingerprint density at radius 1 is 1.80 bits per heavy atom. The highest BCUT2D eigenvalue weighted by Gasteiger charge is 2.06. The fourth-order valence-corrected chi connectivity index (χ4v) is 0.760. The highest BCUT2D eigenvalue weighted by atomic mass is 16.4. The van der Waals surface area contributed by atoms with E-state index in [0.717, 1.165) is 12.8 Å². The number of nitrogens with zero attached hydrogens (tertiary/aromatic N) is 2. The minimum Gasteiger partial charge on any atom is -0.481 e. The minimum atomic E-state index is -0.837. The second kappa shape index (κ2) is 3.10. The van der Waals surface area contributed by atoms with Crippen molar-refractivity contribution >= 4 is 17.9 Å². The zero-order valence-corrected chi connectivity index (χ0v) is 5.45. The normalized spacial score (nSPS) is 16.6. The number of hydrogen-bond donors (Lipinski definition) is 1. The molecule has 10 heavy (non-hydrogen) atoms. The second-order valence-electron chi connectivity index (χ2n) is 2.07. The number of carboxylic acids is 1. The van der Waals surface area contributed by atoms with E-state index in [1.807, 2.05) is 0 Å². The molecule has 0 fully saturated rings. The zero-order chi connectivity index (χ0) is 7.40. The van der Waals surface area contributed by atoms with Crippen LogP contribution in [0.3, 0.4) is 0 Å². The number of hydrogen-bond acceptors (Lipinski definition) is 3. The van der Waals surface area contributed by atoms with Gasteiger partial charge in [0.25, 0.3) is 0 Å². The van der Waals surface area contributed by atoms with Gasteiger partial charge in [0.15, 0.2) is 0 Å². The molecule has 54 valence electrons. The van der Waals surface area contributed by atoms with Crippen LogP contribution in [-0.4, -0.2) is 23.0 Å².